The molecule has 0 saturated carbocycles. The quantitative estimate of drug-likeness (QED) is 0.794. The second-order valence-electron chi connectivity index (χ2n) is 3.90. The number of hydrogen-bond donors (Lipinski definition) is 1. The van der Waals surface area contributed by atoms with E-state index in [1.54, 1.807) is 37.9 Å². The van der Waals surface area contributed by atoms with Crippen LogP contribution in [0.2, 0.25) is 0 Å². The van der Waals surface area contributed by atoms with E-state index in [0.29, 0.717) is 5.95 Å². The lowest BCUT2D eigenvalue weighted by Gasteiger charge is -1.97. The van der Waals surface area contributed by atoms with Crippen molar-refractivity contribution in [1.82, 2.24) is 15.0 Å². The molecule has 0 fully saturated rings. The van der Waals surface area contributed by atoms with Gasteiger partial charge in [-0.25, -0.2) is 15.0 Å². The van der Waals surface area contributed by atoms with E-state index in [1.807, 2.05) is 18.2 Å². The maximum atomic E-state index is 5.21. The molecule has 5 nitrogen and oxygen atoms in total. The normalized spacial score (nSPS) is 10.6. The standard InChI is InChI=1S/C13H12N4OS/c1-14-13-15-6-8(7-16-13)12-17-10-4-3-9(18-2)5-11(10)19-12/h3-7H,1-2H3,(H,14,15,16). The number of ether oxygens (including phenoxy) is 1. The molecule has 0 saturated heterocycles. The van der Waals surface area contributed by atoms with Gasteiger partial charge in [0.1, 0.15) is 10.8 Å². The van der Waals surface area contributed by atoms with Crippen molar-refractivity contribution < 1.29 is 4.74 Å². The van der Waals surface area contributed by atoms with Gasteiger partial charge in [0.05, 0.1) is 17.3 Å². The third-order valence-electron chi connectivity index (χ3n) is 2.72. The molecule has 0 amide bonds. The van der Waals surface area contributed by atoms with Crippen molar-refractivity contribution in [3.8, 4) is 16.3 Å². The number of aromatic nitrogens is 3. The van der Waals surface area contributed by atoms with E-state index in [1.165, 1.54) is 0 Å². The van der Waals surface area contributed by atoms with Crippen LogP contribution in [0, 0.1) is 0 Å². The summed E-state index contributed by atoms with van der Waals surface area (Å²) >= 11 is 1.60. The lowest BCUT2D eigenvalue weighted by Crippen LogP contribution is -1.95. The van der Waals surface area contributed by atoms with E-state index in [-0.39, 0.29) is 0 Å². The fourth-order valence-electron chi connectivity index (χ4n) is 1.72. The molecule has 0 aliphatic carbocycles. The zero-order valence-corrected chi connectivity index (χ0v) is 11.4. The molecule has 3 rings (SSSR count). The third kappa shape index (κ3) is 2.22. The summed E-state index contributed by atoms with van der Waals surface area (Å²) in [5.74, 6) is 1.44. The summed E-state index contributed by atoms with van der Waals surface area (Å²) in [4.78, 5) is 13.0. The van der Waals surface area contributed by atoms with Crippen LogP contribution in [0.25, 0.3) is 20.8 Å². The monoisotopic (exact) mass is 272 g/mol. The molecule has 0 bridgehead atoms. The topological polar surface area (TPSA) is 59.9 Å². The van der Waals surface area contributed by atoms with Crippen molar-refractivity contribution in [1.29, 1.82) is 0 Å². The molecular weight excluding hydrogens is 260 g/mol. The molecule has 2 heterocycles. The van der Waals surface area contributed by atoms with Crippen LogP contribution in [0.1, 0.15) is 0 Å². The van der Waals surface area contributed by atoms with Gasteiger partial charge in [-0.15, -0.1) is 11.3 Å². The lowest BCUT2D eigenvalue weighted by molar-refractivity contribution is 0.415. The first-order valence-electron chi connectivity index (χ1n) is 5.75. The SMILES string of the molecule is CNc1ncc(-c2nc3ccc(OC)cc3s2)cn1. The Balaban J connectivity index is 2.04. The lowest BCUT2D eigenvalue weighted by atomic mass is 10.3. The number of thiazole rings is 1. The number of rotatable bonds is 3. The van der Waals surface area contributed by atoms with Crippen molar-refractivity contribution in [3.63, 3.8) is 0 Å². The molecule has 1 aromatic carbocycles. The Bertz CT molecular complexity index is 708. The molecule has 96 valence electrons. The van der Waals surface area contributed by atoms with Crippen LogP contribution in [0.4, 0.5) is 5.95 Å². The molecule has 0 spiro atoms. The maximum Gasteiger partial charge on any atom is 0.222 e. The fourth-order valence-corrected chi connectivity index (χ4v) is 2.69. The number of nitrogens with zero attached hydrogens (tertiary/aromatic N) is 3. The zero-order valence-electron chi connectivity index (χ0n) is 10.5. The molecule has 0 radical (unpaired) electrons. The number of nitrogens with one attached hydrogen (secondary N) is 1. The highest BCUT2D eigenvalue weighted by molar-refractivity contribution is 7.21. The van der Waals surface area contributed by atoms with Gasteiger partial charge in [-0.05, 0) is 18.2 Å². The summed E-state index contributed by atoms with van der Waals surface area (Å²) in [6.45, 7) is 0. The van der Waals surface area contributed by atoms with E-state index >= 15 is 0 Å². The largest absolute Gasteiger partial charge is 0.497 e. The average Bonchev–Trinajstić information content (AvgIpc) is 2.90. The highest BCUT2D eigenvalue weighted by atomic mass is 32.1. The average molecular weight is 272 g/mol. The Kier molecular flexibility index (Phi) is 3.00. The van der Waals surface area contributed by atoms with Gasteiger partial charge in [0, 0.05) is 25.0 Å². The van der Waals surface area contributed by atoms with Crippen molar-refractivity contribution >= 4 is 27.5 Å². The number of benzene rings is 1. The molecule has 2 aromatic heterocycles. The summed E-state index contributed by atoms with van der Waals surface area (Å²) in [6.07, 6.45) is 3.54. The number of methoxy groups -OCH3 is 1. The third-order valence-corrected chi connectivity index (χ3v) is 3.79. The smallest absolute Gasteiger partial charge is 0.222 e. The highest BCUT2D eigenvalue weighted by Crippen LogP contribution is 2.31. The molecule has 0 unspecified atom stereocenters. The molecular formula is C13H12N4OS. The van der Waals surface area contributed by atoms with Crippen LogP contribution < -0.4 is 10.1 Å². The van der Waals surface area contributed by atoms with E-state index in [2.05, 4.69) is 20.3 Å². The Labute approximate surface area is 114 Å². The first-order valence-corrected chi connectivity index (χ1v) is 6.56. The number of hydrogen-bond acceptors (Lipinski definition) is 6. The summed E-state index contributed by atoms with van der Waals surface area (Å²) in [6, 6.07) is 5.85. The van der Waals surface area contributed by atoms with Crippen molar-refractivity contribution in [2.75, 3.05) is 19.5 Å². The van der Waals surface area contributed by atoms with Crippen molar-refractivity contribution in [2.24, 2.45) is 0 Å². The predicted octanol–water partition coefficient (Wildman–Crippen LogP) is 2.80. The van der Waals surface area contributed by atoms with Crippen LogP contribution >= 0.6 is 11.3 Å². The van der Waals surface area contributed by atoms with Gasteiger partial charge >= 0.3 is 0 Å². The maximum absolute atomic E-state index is 5.21. The molecule has 0 aliphatic rings. The molecule has 0 atom stereocenters. The van der Waals surface area contributed by atoms with Crippen molar-refractivity contribution in [2.45, 2.75) is 0 Å². The number of anilines is 1. The van der Waals surface area contributed by atoms with E-state index in [9.17, 15) is 0 Å². The molecule has 6 heteroatoms. The van der Waals surface area contributed by atoms with Gasteiger partial charge in [-0.3, -0.25) is 0 Å². The van der Waals surface area contributed by atoms with E-state index in [0.717, 1.165) is 26.5 Å². The zero-order chi connectivity index (χ0) is 13.2. The van der Waals surface area contributed by atoms with Crippen LogP contribution in [-0.2, 0) is 0 Å². The van der Waals surface area contributed by atoms with Gasteiger partial charge in [-0.2, -0.15) is 0 Å². The van der Waals surface area contributed by atoms with E-state index < -0.39 is 0 Å². The first-order chi connectivity index (χ1) is 9.30. The first kappa shape index (κ1) is 11.9. The minimum atomic E-state index is 0.603. The van der Waals surface area contributed by atoms with Gasteiger partial charge in [0.2, 0.25) is 5.95 Å². The minimum Gasteiger partial charge on any atom is -0.497 e. The van der Waals surface area contributed by atoms with Crippen LogP contribution in [0.3, 0.4) is 0 Å². The fraction of sp³-hybridized carbons (Fsp3) is 0.154. The van der Waals surface area contributed by atoms with Gasteiger partial charge in [0.25, 0.3) is 0 Å². The Morgan fingerprint density at radius 1 is 1.21 bits per heavy atom. The van der Waals surface area contributed by atoms with Crippen LogP contribution in [0.5, 0.6) is 5.75 Å². The van der Waals surface area contributed by atoms with Crippen molar-refractivity contribution in [3.05, 3.63) is 30.6 Å². The Morgan fingerprint density at radius 3 is 2.68 bits per heavy atom. The predicted molar refractivity (Wildman–Crippen MR) is 76.7 cm³/mol. The number of fused-ring (bicyclic) bond motifs is 1. The Morgan fingerprint density at radius 2 is 2.00 bits per heavy atom. The summed E-state index contributed by atoms with van der Waals surface area (Å²) < 4.78 is 6.30. The summed E-state index contributed by atoms with van der Waals surface area (Å²) in [5, 5.41) is 3.80. The Hall–Kier alpha value is -2.21. The summed E-state index contributed by atoms with van der Waals surface area (Å²) in [7, 11) is 3.45. The highest BCUT2D eigenvalue weighted by Gasteiger charge is 2.08. The molecule has 1 N–H and O–H groups in total. The summed E-state index contributed by atoms with van der Waals surface area (Å²) in [5.41, 5.74) is 1.87. The molecule has 3 aromatic rings. The van der Waals surface area contributed by atoms with E-state index in [4.69, 9.17) is 4.74 Å². The van der Waals surface area contributed by atoms with Crippen LogP contribution in [-0.4, -0.2) is 29.1 Å². The van der Waals surface area contributed by atoms with Crippen LogP contribution in [0.15, 0.2) is 30.6 Å². The van der Waals surface area contributed by atoms with Gasteiger partial charge < -0.3 is 10.1 Å². The second-order valence-corrected chi connectivity index (χ2v) is 4.93. The molecule has 19 heavy (non-hydrogen) atoms. The molecule has 0 aliphatic heterocycles. The van der Waals surface area contributed by atoms with Gasteiger partial charge in [0.15, 0.2) is 0 Å². The minimum absolute atomic E-state index is 0.603. The van der Waals surface area contributed by atoms with Gasteiger partial charge in [-0.1, -0.05) is 0 Å². The second kappa shape index (κ2) is 4.81.